The topological polar surface area (TPSA) is 90.3 Å². The zero-order chi connectivity index (χ0) is 30.1. The third kappa shape index (κ3) is 8.48. The van der Waals surface area contributed by atoms with Crippen molar-refractivity contribution < 1.29 is 37.7 Å². The zero-order valence-corrected chi connectivity index (χ0v) is 23.2. The number of amides is 1. The Bertz CT molecular complexity index is 1330. The van der Waals surface area contributed by atoms with E-state index in [1.165, 1.54) is 32.4 Å². The largest absolute Gasteiger partial charge is 0.508 e. The van der Waals surface area contributed by atoms with Gasteiger partial charge in [-0.3, -0.25) is 9.69 Å². The second-order valence-corrected chi connectivity index (χ2v) is 10.4. The van der Waals surface area contributed by atoms with Crippen LogP contribution in [0.15, 0.2) is 72.8 Å². The van der Waals surface area contributed by atoms with Crippen molar-refractivity contribution in [2.24, 2.45) is 0 Å². The van der Waals surface area contributed by atoms with E-state index in [0.717, 1.165) is 35.4 Å². The summed E-state index contributed by atoms with van der Waals surface area (Å²) in [6.45, 7) is 4.68. The number of rotatable bonds is 7. The van der Waals surface area contributed by atoms with Gasteiger partial charge in [0.25, 0.3) is 5.91 Å². The van der Waals surface area contributed by atoms with Crippen molar-refractivity contribution in [1.82, 2.24) is 9.80 Å². The number of aromatic hydroxyl groups is 1. The Morgan fingerprint density at radius 2 is 1.57 bits per heavy atom. The molecule has 1 amide bonds. The van der Waals surface area contributed by atoms with E-state index in [1.807, 2.05) is 59.5 Å². The van der Waals surface area contributed by atoms with E-state index in [4.69, 9.17) is 14.6 Å². The third-order valence-electron chi connectivity index (χ3n) is 7.49. The predicted molar refractivity (Wildman–Crippen MR) is 152 cm³/mol. The van der Waals surface area contributed by atoms with Crippen LogP contribution in [0.4, 0.5) is 13.2 Å². The SMILES string of the molecule is O=C(O)C(F)(F)F.O=C(c1ccccc1)N1CCc2cc(O)ccc2C1Cc1ccc(OCCN2CCCCC2)cc1. The van der Waals surface area contributed by atoms with Crippen molar-refractivity contribution in [3.63, 3.8) is 0 Å². The Morgan fingerprint density at radius 3 is 2.21 bits per heavy atom. The molecule has 10 heteroatoms. The summed E-state index contributed by atoms with van der Waals surface area (Å²) in [5.74, 6) is -1.55. The highest BCUT2D eigenvalue weighted by Crippen LogP contribution is 2.35. The van der Waals surface area contributed by atoms with Crippen LogP contribution in [0.1, 0.15) is 52.4 Å². The predicted octanol–water partition coefficient (Wildman–Crippen LogP) is 5.87. The maximum absolute atomic E-state index is 13.4. The first kappa shape index (κ1) is 30.9. The fourth-order valence-corrected chi connectivity index (χ4v) is 5.33. The number of piperidine rings is 1. The van der Waals surface area contributed by atoms with Crippen LogP contribution >= 0.6 is 0 Å². The summed E-state index contributed by atoms with van der Waals surface area (Å²) in [5, 5.41) is 17.1. The van der Waals surface area contributed by atoms with Gasteiger partial charge in [0.2, 0.25) is 0 Å². The highest BCUT2D eigenvalue weighted by atomic mass is 19.4. The molecule has 0 radical (unpaired) electrons. The Kier molecular flexibility index (Phi) is 10.5. The molecule has 0 spiro atoms. The number of aliphatic carboxylic acids is 1. The fraction of sp³-hybridized carbons (Fsp3) is 0.375. The number of nitrogens with zero attached hydrogens (tertiary/aromatic N) is 2. The molecule has 0 saturated carbocycles. The first-order valence-electron chi connectivity index (χ1n) is 14.0. The summed E-state index contributed by atoms with van der Waals surface area (Å²) in [6.07, 6.45) is 0.303. The van der Waals surface area contributed by atoms with Gasteiger partial charge in [-0.15, -0.1) is 0 Å². The van der Waals surface area contributed by atoms with Crippen LogP contribution in [0.5, 0.6) is 11.5 Å². The van der Waals surface area contributed by atoms with Crippen molar-refractivity contribution in [3.8, 4) is 11.5 Å². The molecule has 1 fully saturated rings. The number of likely N-dealkylation sites (tertiary alicyclic amines) is 1. The molecule has 2 heterocycles. The minimum atomic E-state index is -5.08. The van der Waals surface area contributed by atoms with Gasteiger partial charge in [-0.05, 0) is 91.9 Å². The van der Waals surface area contributed by atoms with Crippen molar-refractivity contribution in [3.05, 3.63) is 95.1 Å². The molecule has 2 aliphatic heterocycles. The van der Waals surface area contributed by atoms with Crippen LogP contribution in [0.3, 0.4) is 0 Å². The number of carboxylic acid groups (broad SMARTS) is 1. The maximum Gasteiger partial charge on any atom is 0.490 e. The molecule has 7 nitrogen and oxygen atoms in total. The van der Waals surface area contributed by atoms with Gasteiger partial charge in [0.05, 0.1) is 6.04 Å². The van der Waals surface area contributed by atoms with Crippen LogP contribution in [0, 0.1) is 0 Å². The molecule has 2 aliphatic rings. The Labute approximate surface area is 243 Å². The standard InChI is InChI=1S/C30H34N2O3.C2HF3O2/c33-26-11-14-28-25(22-26)15-18-32(30(34)24-7-3-1-4-8-24)29(28)21-23-9-12-27(13-10-23)35-20-19-31-16-5-2-6-17-31;3-2(4,5)1(6)7/h1,3-4,7-14,22,29,33H,2,5-6,15-21H2;(H,6,7). The number of phenolic OH excluding ortho intramolecular Hbond substituents is 1. The first-order valence-corrected chi connectivity index (χ1v) is 14.0. The molecule has 1 unspecified atom stereocenters. The smallest absolute Gasteiger partial charge is 0.490 e. The molecular formula is C32H35F3N2O5. The number of ether oxygens (including phenoxy) is 1. The van der Waals surface area contributed by atoms with E-state index in [-0.39, 0.29) is 17.7 Å². The number of benzene rings is 3. The molecule has 0 bridgehead atoms. The van der Waals surface area contributed by atoms with Crippen LogP contribution in [0.25, 0.3) is 0 Å². The fourth-order valence-electron chi connectivity index (χ4n) is 5.33. The molecule has 224 valence electrons. The van der Waals surface area contributed by atoms with Crippen molar-refractivity contribution in [2.45, 2.75) is 44.3 Å². The molecule has 1 saturated heterocycles. The zero-order valence-electron chi connectivity index (χ0n) is 23.2. The molecule has 0 aliphatic carbocycles. The molecule has 3 aromatic carbocycles. The van der Waals surface area contributed by atoms with Crippen LogP contribution in [0.2, 0.25) is 0 Å². The molecule has 42 heavy (non-hydrogen) atoms. The average Bonchev–Trinajstić information content (AvgIpc) is 2.98. The van der Waals surface area contributed by atoms with Gasteiger partial charge in [-0.1, -0.05) is 42.8 Å². The lowest BCUT2D eigenvalue weighted by Gasteiger charge is -2.38. The van der Waals surface area contributed by atoms with E-state index in [2.05, 4.69) is 17.0 Å². The highest BCUT2D eigenvalue weighted by molar-refractivity contribution is 5.94. The molecule has 1 atom stereocenters. The highest BCUT2D eigenvalue weighted by Gasteiger charge is 2.38. The van der Waals surface area contributed by atoms with Gasteiger partial charge in [-0.25, -0.2) is 4.79 Å². The quantitative estimate of drug-likeness (QED) is 0.361. The van der Waals surface area contributed by atoms with Gasteiger partial charge in [0, 0.05) is 18.7 Å². The van der Waals surface area contributed by atoms with Crippen LogP contribution in [-0.4, -0.2) is 70.9 Å². The number of phenols is 1. The number of hydrogen-bond acceptors (Lipinski definition) is 5. The summed E-state index contributed by atoms with van der Waals surface area (Å²) in [7, 11) is 0. The van der Waals surface area contributed by atoms with Crippen molar-refractivity contribution in [2.75, 3.05) is 32.8 Å². The number of carboxylic acids is 1. The Morgan fingerprint density at radius 1 is 0.905 bits per heavy atom. The van der Waals surface area contributed by atoms with Gasteiger partial charge in [0.1, 0.15) is 18.1 Å². The summed E-state index contributed by atoms with van der Waals surface area (Å²) >= 11 is 0. The lowest BCUT2D eigenvalue weighted by molar-refractivity contribution is -0.192. The molecule has 5 rings (SSSR count). The van der Waals surface area contributed by atoms with E-state index in [9.17, 15) is 23.1 Å². The summed E-state index contributed by atoms with van der Waals surface area (Å²) in [4.78, 5) is 26.8. The van der Waals surface area contributed by atoms with E-state index in [1.54, 1.807) is 6.07 Å². The maximum atomic E-state index is 13.4. The van der Waals surface area contributed by atoms with E-state index < -0.39 is 12.1 Å². The second kappa shape index (κ2) is 14.2. The van der Waals surface area contributed by atoms with E-state index in [0.29, 0.717) is 25.1 Å². The molecular weight excluding hydrogens is 549 g/mol. The van der Waals surface area contributed by atoms with Crippen molar-refractivity contribution in [1.29, 1.82) is 0 Å². The van der Waals surface area contributed by atoms with Gasteiger partial charge < -0.3 is 19.8 Å². The van der Waals surface area contributed by atoms with Crippen LogP contribution in [-0.2, 0) is 17.6 Å². The molecule has 2 N–H and O–H groups in total. The molecule has 3 aromatic rings. The number of halogens is 3. The number of carbonyl (C=O) groups is 2. The minimum Gasteiger partial charge on any atom is -0.508 e. The third-order valence-corrected chi connectivity index (χ3v) is 7.49. The Balaban J connectivity index is 0.000000517. The van der Waals surface area contributed by atoms with Gasteiger partial charge in [-0.2, -0.15) is 13.2 Å². The summed E-state index contributed by atoms with van der Waals surface area (Å²) in [6, 6.07) is 23.2. The van der Waals surface area contributed by atoms with Crippen molar-refractivity contribution >= 4 is 11.9 Å². The minimum absolute atomic E-state index is 0.0481. The van der Waals surface area contributed by atoms with E-state index >= 15 is 0 Å². The summed E-state index contributed by atoms with van der Waals surface area (Å²) in [5.41, 5.74) is 4.09. The van der Waals surface area contributed by atoms with Gasteiger partial charge in [0.15, 0.2) is 0 Å². The van der Waals surface area contributed by atoms with Crippen LogP contribution < -0.4 is 4.74 Å². The average molecular weight is 585 g/mol. The normalized spacial score (nSPS) is 17.0. The summed E-state index contributed by atoms with van der Waals surface area (Å²) < 4.78 is 37.7. The number of alkyl halides is 3. The first-order chi connectivity index (χ1) is 20.1. The second-order valence-electron chi connectivity index (χ2n) is 10.4. The Hall–Kier alpha value is -4.05. The molecule has 0 aromatic heterocycles. The monoisotopic (exact) mass is 584 g/mol. The lowest BCUT2D eigenvalue weighted by atomic mass is 9.88. The lowest BCUT2D eigenvalue weighted by Crippen LogP contribution is -2.41. The number of fused-ring (bicyclic) bond motifs is 1. The number of carbonyl (C=O) groups excluding carboxylic acids is 1. The van der Waals surface area contributed by atoms with Gasteiger partial charge >= 0.3 is 12.1 Å². The number of hydrogen-bond donors (Lipinski definition) is 2.